The van der Waals surface area contributed by atoms with Gasteiger partial charge in [0, 0.05) is 33.8 Å². The maximum Gasteiger partial charge on any atom is 0.231 e. The van der Waals surface area contributed by atoms with Gasteiger partial charge < -0.3 is 25.0 Å². The SMILES string of the molecule is COCCOCCN(C)c1ccc(NC(=O)C2CNC2)nc1. The highest BCUT2D eigenvalue weighted by atomic mass is 16.5. The zero-order valence-corrected chi connectivity index (χ0v) is 13.2. The van der Waals surface area contributed by atoms with E-state index in [1.807, 2.05) is 19.2 Å². The first-order valence-electron chi connectivity index (χ1n) is 7.46. The summed E-state index contributed by atoms with van der Waals surface area (Å²) in [5, 5.41) is 5.91. The normalized spacial score (nSPS) is 14.5. The highest BCUT2D eigenvalue weighted by Crippen LogP contribution is 2.14. The van der Waals surface area contributed by atoms with Crippen LogP contribution in [-0.2, 0) is 14.3 Å². The molecule has 1 fully saturated rings. The second-order valence-electron chi connectivity index (χ2n) is 5.27. The van der Waals surface area contributed by atoms with Crippen LogP contribution in [-0.4, -0.2) is 64.5 Å². The molecule has 0 bridgehead atoms. The van der Waals surface area contributed by atoms with Crippen molar-refractivity contribution in [2.24, 2.45) is 5.92 Å². The first-order chi connectivity index (χ1) is 10.7. The second-order valence-corrected chi connectivity index (χ2v) is 5.27. The van der Waals surface area contributed by atoms with Crippen LogP contribution in [0.15, 0.2) is 18.3 Å². The summed E-state index contributed by atoms with van der Waals surface area (Å²) in [6, 6.07) is 3.76. The Balaban J connectivity index is 1.74. The number of likely N-dealkylation sites (N-methyl/N-ethyl adjacent to an activating group) is 1. The van der Waals surface area contributed by atoms with Crippen molar-refractivity contribution in [3.8, 4) is 0 Å². The average Bonchev–Trinajstić information content (AvgIpc) is 2.45. The van der Waals surface area contributed by atoms with Gasteiger partial charge in [-0.3, -0.25) is 4.79 Å². The Kier molecular flexibility index (Phi) is 6.57. The van der Waals surface area contributed by atoms with E-state index in [4.69, 9.17) is 9.47 Å². The fraction of sp³-hybridized carbons (Fsp3) is 0.600. The molecular weight excluding hydrogens is 284 g/mol. The van der Waals surface area contributed by atoms with E-state index in [1.54, 1.807) is 13.3 Å². The topological polar surface area (TPSA) is 75.7 Å². The van der Waals surface area contributed by atoms with Crippen LogP contribution in [0.4, 0.5) is 11.5 Å². The van der Waals surface area contributed by atoms with Gasteiger partial charge in [0.05, 0.1) is 37.6 Å². The third kappa shape index (κ3) is 4.94. The van der Waals surface area contributed by atoms with Crippen molar-refractivity contribution in [2.45, 2.75) is 0 Å². The highest BCUT2D eigenvalue weighted by Gasteiger charge is 2.24. The minimum Gasteiger partial charge on any atom is -0.382 e. The molecule has 2 N–H and O–H groups in total. The smallest absolute Gasteiger partial charge is 0.231 e. The molecule has 1 aliphatic rings. The number of methoxy groups -OCH3 is 1. The molecule has 0 radical (unpaired) electrons. The predicted molar refractivity (Wildman–Crippen MR) is 85.2 cm³/mol. The van der Waals surface area contributed by atoms with E-state index in [0.29, 0.717) is 25.6 Å². The summed E-state index contributed by atoms with van der Waals surface area (Å²) in [5.74, 6) is 0.678. The first-order valence-corrected chi connectivity index (χ1v) is 7.46. The molecule has 1 aromatic heterocycles. The number of nitrogens with zero attached hydrogens (tertiary/aromatic N) is 2. The minimum atomic E-state index is 0.0268. The number of nitrogens with one attached hydrogen (secondary N) is 2. The van der Waals surface area contributed by atoms with Crippen LogP contribution in [0, 0.1) is 5.92 Å². The van der Waals surface area contributed by atoms with Gasteiger partial charge in [-0.2, -0.15) is 0 Å². The Morgan fingerprint density at radius 2 is 2.23 bits per heavy atom. The summed E-state index contributed by atoms with van der Waals surface area (Å²) in [6.45, 7) is 4.10. The Bertz CT molecular complexity index is 462. The fourth-order valence-corrected chi connectivity index (χ4v) is 1.96. The molecule has 1 aliphatic heterocycles. The number of anilines is 2. The van der Waals surface area contributed by atoms with Crippen molar-refractivity contribution in [1.82, 2.24) is 10.3 Å². The van der Waals surface area contributed by atoms with Crippen LogP contribution in [0.25, 0.3) is 0 Å². The van der Waals surface area contributed by atoms with Gasteiger partial charge in [-0.05, 0) is 12.1 Å². The number of hydrogen-bond acceptors (Lipinski definition) is 6. The van der Waals surface area contributed by atoms with Crippen LogP contribution >= 0.6 is 0 Å². The van der Waals surface area contributed by atoms with E-state index in [9.17, 15) is 4.79 Å². The van der Waals surface area contributed by atoms with Crippen LogP contribution in [0.5, 0.6) is 0 Å². The van der Waals surface area contributed by atoms with Gasteiger partial charge in [0.1, 0.15) is 5.82 Å². The van der Waals surface area contributed by atoms with Crippen LogP contribution in [0.3, 0.4) is 0 Å². The third-order valence-electron chi connectivity index (χ3n) is 3.60. The molecule has 7 nitrogen and oxygen atoms in total. The van der Waals surface area contributed by atoms with Gasteiger partial charge in [-0.25, -0.2) is 4.98 Å². The van der Waals surface area contributed by atoms with Gasteiger partial charge in [0.15, 0.2) is 0 Å². The molecule has 0 unspecified atom stereocenters. The summed E-state index contributed by atoms with van der Waals surface area (Å²) >= 11 is 0. The summed E-state index contributed by atoms with van der Waals surface area (Å²) in [7, 11) is 3.64. The number of ether oxygens (including phenoxy) is 2. The summed E-state index contributed by atoms with van der Waals surface area (Å²) in [4.78, 5) is 18.2. The van der Waals surface area contributed by atoms with Crippen LogP contribution in [0.2, 0.25) is 0 Å². The maximum absolute atomic E-state index is 11.8. The minimum absolute atomic E-state index is 0.0268. The van der Waals surface area contributed by atoms with Gasteiger partial charge in [-0.1, -0.05) is 0 Å². The number of carbonyl (C=O) groups is 1. The lowest BCUT2D eigenvalue weighted by Crippen LogP contribution is -2.48. The standard InChI is InChI=1S/C15H24N4O3/c1-19(5-6-22-8-7-21-2)13-3-4-14(17-11-13)18-15(20)12-9-16-10-12/h3-4,11-12,16H,5-10H2,1-2H3,(H,17,18,20). The Labute approximate surface area is 131 Å². The molecule has 1 aromatic rings. The summed E-state index contributed by atoms with van der Waals surface area (Å²) < 4.78 is 10.4. The number of carbonyl (C=O) groups excluding carboxylic acids is 1. The third-order valence-corrected chi connectivity index (χ3v) is 3.60. The molecule has 1 saturated heterocycles. The van der Waals surface area contributed by atoms with Crippen molar-refractivity contribution in [2.75, 3.05) is 63.8 Å². The molecule has 0 spiro atoms. The van der Waals surface area contributed by atoms with Gasteiger partial charge in [0.25, 0.3) is 0 Å². The van der Waals surface area contributed by atoms with Crippen LogP contribution < -0.4 is 15.5 Å². The van der Waals surface area contributed by atoms with Crippen molar-refractivity contribution in [3.05, 3.63) is 18.3 Å². The van der Waals surface area contributed by atoms with E-state index in [2.05, 4.69) is 20.5 Å². The molecular formula is C15H24N4O3. The monoisotopic (exact) mass is 308 g/mol. The molecule has 122 valence electrons. The quantitative estimate of drug-likeness (QED) is 0.641. The lowest BCUT2D eigenvalue weighted by atomic mass is 10.0. The predicted octanol–water partition coefficient (Wildman–Crippen LogP) is 0.339. The maximum atomic E-state index is 11.8. The molecule has 0 aliphatic carbocycles. The number of pyridine rings is 1. The van der Waals surface area contributed by atoms with Crippen molar-refractivity contribution >= 4 is 17.4 Å². The number of aromatic nitrogens is 1. The molecule has 0 aromatic carbocycles. The second kappa shape index (κ2) is 8.67. The lowest BCUT2D eigenvalue weighted by Gasteiger charge is -2.25. The number of rotatable bonds is 9. The zero-order chi connectivity index (χ0) is 15.8. The van der Waals surface area contributed by atoms with E-state index < -0.39 is 0 Å². The number of hydrogen-bond donors (Lipinski definition) is 2. The zero-order valence-electron chi connectivity index (χ0n) is 13.2. The summed E-state index contributed by atoms with van der Waals surface area (Å²) in [6.07, 6.45) is 1.75. The van der Waals surface area contributed by atoms with E-state index in [1.165, 1.54) is 0 Å². The van der Waals surface area contributed by atoms with Crippen molar-refractivity contribution < 1.29 is 14.3 Å². The first kappa shape index (κ1) is 16.7. The number of amides is 1. The molecule has 0 atom stereocenters. The van der Waals surface area contributed by atoms with Crippen molar-refractivity contribution in [3.63, 3.8) is 0 Å². The van der Waals surface area contributed by atoms with Crippen LogP contribution in [0.1, 0.15) is 0 Å². The Morgan fingerprint density at radius 3 is 2.82 bits per heavy atom. The summed E-state index contributed by atoms with van der Waals surface area (Å²) in [5.41, 5.74) is 0.985. The highest BCUT2D eigenvalue weighted by molar-refractivity contribution is 5.92. The van der Waals surface area contributed by atoms with Crippen molar-refractivity contribution in [1.29, 1.82) is 0 Å². The molecule has 2 rings (SSSR count). The molecule has 7 heteroatoms. The van der Waals surface area contributed by atoms with Gasteiger partial charge in [-0.15, -0.1) is 0 Å². The van der Waals surface area contributed by atoms with Gasteiger partial charge >= 0.3 is 0 Å². The van der Waals surface area contributed by atoms with E-state index in [-0.39, 0.29) is 11.8 Å². The Morgan fingerprint density at radius 1 is 1.41 bits per heavy atom. The fourth-order valence-electron chi connectivity index (χ4n) is 1.96. The van der Waals surface area contributed by atoms with E-state index in [0.717, 1.165) is 25.3 Å². The molecule has 0 saturated carbocycles. The molecule has 22 heavy (non-hydrogen) atoms. The van der Waals surface area contributed by atoms with Gasteiger partial charge in [0.2, 0.25) is 5.91 Å². The largest absolute Gasteiger partial charge is 0.382 e. The molecule has 1 amide bonds. The molecule has 2 heterocycles. The average molecular weight is 308 g/mol. The lowest BCUT2D eigenvalue weighted by molar-refractivity contribution is -0.121. The Hall–Kier alpha value is -1.70. The van der Waals surface area contributed by atoms with E-state index >= 15 is 0 Å².